The molecule has 0 atom stereocenters. The second-order valence-corrected chi connectivity index (χ2v) is 4.10. The summed E-state index contributed by atoms with van der Waals surface area (Å²) in [6.45, 7) is 0.622. The van der Waals surface area contributed by atoms with Gasteiger partial charge in [-0.1, -0.05) is 34.1 Å². The molecule has 1 aromatic carbocycles. The summed E-state index contributed by atoms with van der Waals surface area (Å²) in [6, 6.07) is 7.95. The number of hydrogen-bond acceptors (Lipinski definition) is 3. The Morgan fingerprint density at radius 1 is 1.33 bits per heavy atom. The molecule has 6 heteroatoms. The topological polar surface area (TPSA) is 43.6 Å². The van der Waals surface area contributed by atoms with Gasteiger partial charge >= 0.3 is 0 Å². The summed E-state index contributed by atoms with van der Waals surface area (Å²) in [7, 11) is 0. The highest BCUT2D eigenvalue weighted by Crippen LogP contribution is 2.17. The van der Waals surface area contributed by atoms with Crippen molar-refractivity contribution in [1.82, 2.24) is 20.2 Å². The van der Waals surface area contributed by atoms with Crippen LogP contribution in [0.15, 0.2) is 28.7 Å². The second kappa shape index (κ2) is 4.72. The average Bonchev–Trinajstić information content (AvgIpc) is 2.69. The van der Waals surface area contributed by atoms with E-state index in [1.165, 1.54) is 0 Å². The molecule has 0 aliphatic heterocycles. The van der Waals surface area contributed by atoms with E-state index in [1.807, 2.05) is 24.3 Å². The van der Waals surface area contributed by atoms with Crippen LogP contribution in [0.1, 0.15) is 11.4 Å². The zero-order valence-corrected chi connectivity index (χ0v) is 10.1. The number of benzene rings is 1. The summed E-state index contributed by atoms with van der Waals surface area (Å²) in [5.74, 6) is 0.990. The van der Waals surface area contributed by atoms with Crippen LogP contribution in [0.2, 0.25) is 0 Å². The molecule has 1 aromatic heterocycles. The lowest BCUT2D eigenvalue weighted by Gasteiger charge is -2.04. The van der Waals surface area contributed by atoms with E-state index >= 15 is 0 Å². The SMILES string of the molecule is ClCc1nnnn1Cc1ccccc1Br. The molecule has 0 spiro atoms. The minimum absolute atomic E-state index is 0.317. The monoisotopic (exact) mass is 286 g/mol. The number of tetrazole rings is 1. The highest BCUT2D eigenvalue weighted by molar-refractivity contribution is 9.10. The van der Waals surface area contributed by atoms with Gasteiger partial charge in [-0.2, -0.15) is 0 Å². The maximum atomic E-state index is 5.70. The highest BCUT2D eigenvalue weighted by Gasteiger charge is 2.06. The predicted octanol–water partition coefficient (Wildman–Crippen LogP) is 2.22. The molecule has 2 rings (SSSR count). The summed E-state index contributed by atoms with van der Waals surface area (Å²) >= 11 is 9.18. The largest absolute Gasteiger partial charge is 0.224 e. The van der Waals surface area contributed by atoms with Gasteiger partial charge in [0.25, 0.3) is 0 Å². The zero-order chi connectivity index (χ0) is 10.7. The Hall–Kier alpha value is -0.940. The quantitative estimate of drug-likeness (QED) is 0.813. The standard InChI is InChI=1S/C9H8BrClN4/c10-8-4-2-1-3-7(8)6-15-9(5-11)12-13-14-15/h1-4H,5-6H2. The van der Waals surface area contributed by atoms with Crippen molar-refractivity contribution in [3.63, 3.8) is 0 Å². The van der Waals surface area contributed by atoms with Crippen molar-refractivity contribution in [2.24, 2.45) is 0 Å². The third-order valence-electron chi connectivity index (χ3n) is 2.00. The first-order valence-electron chi connectivity index (χ1n) is 4.35. The zero-order valence-electron chi connectivity index (χ0n) is 7.77. The maximum Gasteiger partial charge on any atom is 0.166 e. The molecule has 0 aliphatic carbocycles. The van der Waals surface area contributed by atoms with Gasteiger partial charge in [0.15, 0.2) is 5.82 Å². The molecule has 2 aromatic rings. The van der Waals surface area contributed by atoms with E-state index < -0.39 is 0 Å². The molecule has 0 N–H and O–H groups in total. The summed E-state index contributed by atoms with van der Waals surface area (Å²) in [5, 5.41) is 11.3. The summed E-state index contributed by atoms with van der Waals surface area (Å²) in [5.41, 5.74) is 1.12. The number of hydrogen-bond donors (Lipinski definition) is 0. The second-order valence-electron chi connectivity index (χ2n) is 2.98. The Morgan fingerprint density at radius 3 is 2.87 bits per heavy atom. The van der Waals surface area contributed by atoms with E-state index in [2.05, 4.69) is 31.5 Å². The molecule has 0 bridgehead atoms. The number of halogens is 2. The van der Waals surface area contributed by atoms with Gasteiger partial charge in [-0.3, -0.25) is 0 Å². The van der Waals surface area contributed by atoms with Gasteiger partial charge in [0.2, 0.25) is 0 Å². The number of nitrogens with zero attached hydrogens (tertiary/aromatic N) is 4. The molecule has 0 radical (unpaired) electrons. The summed E-state index contributed by atoms with van der Waals surface area (Å²) < 4.78 is 2.73. The van der Waals surface area contributed by atoms with Crippen molar-refractivity contribution in [3.05, 3.63) is 40.1 Å². The molecule has 1 heterocycles. The van der Waals surface area contributed by atoms with Crippen molar-refractivity contribution in [2.75, 3.05) is 0 Å². The Kier molecular flexibility index (Phi) is 3.33. The molecule has 0 amide bonds. The van der Waals surface area contributed by atoms with Crippen LogP contribution in [0, 0.1) is 0 Å². The molecule has 0 fully saturated rings. The van der Waals surface area contributed by atoms with Gasteiger partial charge in [0.1, 0.15) is 0 Å². The van der Waals surface area contributed by atoms with E-state index in [9.17, 15) is 0 Å². The minimum atomic E-state index is 0.317. The summed E-state index contributed by atoms with van der Waals surface area (Å²) in [6.07, 6.45) is 0. The molecule has 0 unspecified atom stereocenters. The van der Waals surface area contributed by atoms with Crippen LogP contribution in [0.5, 0.6) is 0 Å². The van der Waals surface area contributed by atoms with E-state index in [0.29, 0.717) is 18.2 Å². The Balaban J connectivity index is 2.26. The van der Waals surface area contributed by atoms with Crippen molar-refractivity contribution >= 4 is 27.5 Å². The molecule has 4 nitrogen and oxygen atoms in total. The Bertz CT molecular complexity index is 457. The van der Waals surface area contributed by atoms with Crippen LogP contribution in [-0.2, 0) is 12.4 Å². The van der Waals surface area contributed by atoms with Crippen LogP contribution in [-0.4, -0.2) is 20.2 Å². The van der Waals surface area contributed by atoms with E-state index in [1.54, 1.807) is 4.68 Å². The number of aromatic nitrogens is 4. The van der Waals surface area contributed by atoms with E-state index in [-0.39, 0.29) is 0 Å². The van der Waals surface area contributed by atoms with Gasteiger partial charge in [-0.25, -0.2) is 4.68 Å². The maximum absolute atomic E-state index is 5.70. The molecular formula is C9H8BrClN4. The lowest BCUT2D eigenvalue weighted by atomic mass is 10.2. The third kappa shape index (κ3) is 2.35. The van der Waals surface area contributed by atoms with Gasteiger partial charge < -0.3 is 0 Å². The van der Waals surface area contributed by atoms with Crippen LogP contribution in [0.4, 0.5) is 0 Å². The average molecular weight is 288 g/mol. The molecule has 0 saturated carbocycles. The van der Waals surface area contributed by atoms with E-state index in [0.717, 1.165) is 10.0 Å². The van der Waals surface area contributed by atoms with Gasteiger partial charge in [-0.05, 0) is 22.1 Å². The van der Waals surface area contributed by atoms with Gasteiger partial charge in [0.05, 0.1) is 12.4 Å². The third-order valence-corrected chi connectivity index (χ3v) is 3.02. The van der Waals surface area contributed by atoms with Crippen LogP contribution in [0.25, 0.3) is 0 Å². The molecule has 0 aliphatic rings. The lowest BCUT2D eigenvalue weighted by Crippen LogP contribution is -2.06. The molecule has 0 saturated heterocycles. The van der Waals surface area contributed by atoms with Crippen molar-refractivity contribution in [2.45, 2.75) is 12.4 Å². The molecule has 78 valence electrons. The smallest absolute Gasteiger partial charge is 0.166 e. The normalized spacial score (nSPS) is 10.5. The fourth-order valence-corrected chi connectivity index (χ4v) is 1.83. The minimum Gasteiger partial charge on any atom is -0.224 e. The first-order chi connectivity index (χ1) is 7.31. The van der Waals surface area contributed by atoms with Crippen molar-refractivity contribution < 1.29 is 0 Å². The van der Waals surface area contributed by atoms with Crippen LogP contribution < -0.4 is 0 Å². The lowest BCUT2D eigenvalue weighted by molar-refractivity contribution is 0.629. The molecule has 15 heavy (non-hydrogen) atoms. The first-order valence-corrected chi connectivity index (χ1v) is 5.68. The fourth-order valence-electron chi connectivity index (χ4n) is 1.23. The molecular weight excluding hydrogens is 279 g/mol. The van der Waals surface area contributed by atoms with Crippen molar-refractivity contribution in [3.8, 4) is 0 Å². The van der Waals surface area contributed by atoms with E-state index in [4.69, 9.17) is 11.6 Å². The van der Waals surface area contributed by atoms with Crippen molar-refractivity contribution in [1.29, 1.82) is 0 Å². The van der Waals surface area contributed by atoms with Crippen LogP contribution in [0.3, 0.4) is 0 Å². The Morgan fingerprint density at radius 2 is 2.13 bits per heavy atom. The number of rotatable bonds is 3. The fraction of sp³-hybridized carbons (Fsp3) is 0.222. The predicted molar refractivity (Wildman–Crippen MR) is 60.6 cm³/mol. The highest BCUT2D eigenvalue weighted by atomic mass is 79.9. The first kappa shape index (κ1) is 10.6. The Labute approximate surface area is 100 Å². The summed E-state index contributed by atoms with van der Waals surface area (Å²) in [4.78, 5) is 0. The van der Waals surface area contributed by atoms with Crippen LogP contribution >= 0.6 is 27.5 Å². The van der Waals surface area contributed by atoms with Gasteiger partial charge in [-0.15, -0.1) is 16.7 Å². The van der Waals surface area contributed by atoms with Gasteiger partial charge in [0, 0.05) is 4.47 Å². The number of alkyl halides is 1.